The Labute approximate surface area is 127 Å². The van der Waals surface area contributed by atoms with Crippen LogP contribution in [0.1, 0.15) is 32.0 Å². The average Bonchev–Trinajstić information content (AvgIpc) is 2.74. The molecule has 2 aromatic heterocycles. The van der Waals surface area contributed by atoms with Crippen molar-refractivity contribution in [2.45, 2.75) is 32.6 Å². The largest absolute Gasteiger partial charge is 0.369 e. The predicted octanol–water partition coefficient (Wildman–Crippen LogP) is 1.27. The van der Waals surface area contributed by atoms with E-state index in [0.717, 1.165) is 5.69 Å². The second-order valence-electron chi connectivity index (χ2n) is 6.29. The Hall–Kier alpha value is -2.70. The zero-order valence-corrected chi connectivity index (χ0v) is 12.7. The van der Waals surface area contributed by atoms with E-state index in [1.54, 1.807) is 6.07 Å². The molecule has 0 aliphatic carbocycles. The lowest BCUT2D eigenvalue weighted by molar-refractivity contribution is -0.116. The van der Waals surface area contributed by atoms with Crippen LogP contribution < -0.4 is 16.2 Å². The number of amides is 1. The second-order valence-corrected chi connectivity index (χ2v) is 6.29. The minimum Gasteiger partial charge on any atom is -0.369 e. The second kappa shape index (κ2) is 4.66. The fraction of sp³-hybridized carbons (Fsp3) is 0.333. The first-order valence-electron chi connectivity index (χ1n) is 6.96. The van der Waals surface area contributed by atoms with Gasteiger partial charge in [0.25, 0.3) is 5.56 Å². The number of fused-ring (bicyclic) bond motifs is 1. The summed E-state index contributed by atoms with van der Waals surface area (Å²) in [6.45, 7) is 6.12. The highest BCUT2D eigenvalue weighted by Gasteiger charge is 2.34. The molecule has 3 rings (SSSR count). The molecular weight excluding hydrogens is 282 g/mol. The molecule has 22 heavy (non-hydrogen) atoms. The summed E-state index contributed by atoms with van der Waals surface area (Å²) in [7, 11) is 0. The maximum absolute atomic E-state index is 12.3. The van der Waals surface area contributed by atoms with Crippen LogP contribution in [0.15, 0.2) is 23.0 Å². The number of hydrogen-bond acceptors (Lipinski definition) is 5. The lowest BCUT2D eigenvalue weighted by Crippen LogP contribution is -2.24. The number of carbonyl (C=O) groups is 1. The molecule has 1 amide bonds. The summed E-state index contributed by atoms with van der Waals surface area (Å²) in [5.74, 6) is 0.464. The van der Waals surface area contributed by atoms with Gasteiger partial charge in [-0.05, 0) is 12.1 Å². The molecular formula is C15H17N5O2. The Morgan fingerprint density at radius 1 is 1.23 bits per heavy atom. The molecule has 0 spiro atoms. The van der Waals surface area contributed by atoms with E-state index in [1.165, 1.54) is 4.90 Å². The lowest BCUT2D eigenvalue weighted by Gasteiger charge is -2.21. The van der Waals surface area contributed by atoms with E-state index in [9.17, 15) is 9.59 Å². The Bertz CT molecular complexity index is 819. The number of aromatic amines is 1. The number of nitrogen functional groups attached to an aromatic ring is 1. The molecule has 0 saturated carbocycles. The normalized spacial score (nSPS) is 14.3. The maximum atomic E-state index is 12.3. The molecule has 7 heteroatoms. The smallest absolute Gasteiger partial charge is 0.258 e. The van der Waals surface area contributed by atoms with Crippen LogP contribution in [0.25, 0.3) is 0 Å². The standard InChI is InChI=1S/C15H17N5O2/c1-15(2,3)9-5-4-6-10(17-9)20-11(21)7-8-12(20)18-14(16)19-13(8)22/h4-6H,7H2,1-3H3,(H3,16,18,19,22). The van der Waals surface area contributed by atoms with Gasteiger partial charge in [-0.1, -0.05) is 26.8 Å². The highest BCUT2D eigenvalue weighted by Crippen LogP contribution is 2.32. The summed E-state index contributed by atoms with van der Waals surface area (Å²) in [4.78, 5) is 36.6. The molecule has 0 aromatic carbocycles. The number of rotatable bonds is 1. The summed E-state index contributed by atoms with van der Waals surface area (Å²) in [5, 5.41) is 0. The molecule has 0 fully saturated rings. The Kier molecular flexibility index (Phi) is 3.01. The molecule has 7 nitrogen and oxygen atoms in total. The van der Waals surface area contributed by atoms with Gasteiger partial charge in [0.1, 0.15) is 5.82 Å². The molecule has 0 saturated heterocycles. The zero-order valence-electron chi connectivity index (χ0n) is 12.7. The molecule has 3 N–H and O–H groups in total. The molecule has 0 atom stereocenters. The first-order chi connectivity index (χ1) is 10.3. The van der Waals surface area contributed by atoms with Crippen LogP contribution in [0.4, 0.5) is 17.6 Å². The van der Waals surface area contributed by atoms with Gasteiger partial charge in [-0.25, -0.2) is 9.88 Å². The third-order valence-electron chi connectivity index (χ3n) is 3.53. The maximum Gasteiger partial charge on any atom is 0.258 e. The van der Waals surface area contributed by atoms with Crippen molar-refractivity contribution in [3.8, 4) is 0 Å². The Balaban J connectivity index is 2.15. The van der Waals surface area contributed by atoms with Gasteiger partial charge in [0, 0.05) is 11.1 Å². The van der Waals surface area contributed by atoms with Gasteiger partial charge in [-0.15, -0.1) is 0 Å². The summed E-state index contributed by atoms with van der Waals surface area (Å²) in [6, 6.07) is 5.47. The first-order valence-corrected chi connectivity index (χ1v) is 6.96. The van der Waals surface area contributed by atoms with Crippen LogP contribution >= 0.6 is 0 Å². The van der Waals surface area contributed by atoms with Gasteiger partial charge in [0.2, 0.25) is 11.9 Å². The van der Waals surface area contributed by atoms with Crippen molar-refractivity contribution in [1.29, 1.82) is 0 Å². The van der Waals surface area contributed by atoms with E-state index >= 15 is 0 Å². The predicted molar refractivity (Wildman–Crippen MR) is 83.1 cm³/mol. The lowest BCUT2D eigenvalue weighted by atomic mass is 9.92. The van der Waals surface area contributed by atoms with Crippen LogP contribution in [0.2, 0.25) is 0 Å². The number of carbonyl (C=O) groups excluding carboxylic acids is 1. The molecule has 1 aliphatic rings. The van der Waals surface area contributed by atoms with Crippen molar-refractivity contribution in [2.75, 3.05) is 10.6 Å². The summed E-state index contributed by atoms with van der Waals surface area (Å²) in [6.07, 6.45) is -0.000623. The average molecular weight is 299 g/mol. The number of pyridine rings is 1. The Morgan fingerprint density at radius 3 is 2.64 bits per heavy atom. The van der Waals surface area contributed by atoms with Crippen molar-refractivity contribution < 1.29 is 4.79 Å². The van der Waals surface area contributed by atoms with Gasteiger partial charge in [-0.2, -0.15) is 4.98 Å². The van der Waals surface area contributed by atoms with Crippen molar-refractivity contribution in [3.05, 3.63) is 39.8 Å². The number of nitrogens with zero attached hydrogens (tertiary/aromatic N) is 3. The molecule has 0 bridgehead atoms. The third-order valence-corrected chi connectivity index (χ3v) is 3.53. The van der Waals surface area contributed by atoms with E-state index in [-0.39, 0.29) is 35.1 Å². The van der Waals surface area contributed by atoms with E-state index in [2.05, 4.69) is 15.0 Å². The van der Waals surface area contributed by atoms with Gasteiger partial charge in [-0.3, -0.25) is 14.6 Å². The summed E-state index contributed by atoms with van der Waals surface area (Å²) < 4.78 is 0. The van der Waals surface area contributed by atoms with Crippen LogP contribution in [-0.2, 0) is 16.6 Å². The van der Waals surface area contributed by atoms with E-state index in [1.807, 2.05) is 32.9 Å². The topological polar surface area (TPSA) is 105 Å². The van der Waals surface area contributed by atoms with Crippen molar-refractivity contribution in [2.24, 2.45) is 0 Å². The van der Waals surface area contributed by atoms with Gasteiger partial charge >= 0.3 is 0 Å². The van der Waals surface area contributed by atoms with Crippen molar-refractivity contribution in [1.82, 2.24) is 15.0 Å². The molecule has 1 aliphatic heterocycles. The quantitative estimate of drug-likeness (QED) is 0.825. The fourth-order valence-electron chi connectivity index (χ4n) is 2.40. The van der Waals surface area contributed by atoms with Crippen molar-refractivity contribution in [3.63, 3.8) is 0 Å². The van der Waals surface area contributed by atoms with Gasteiger partial charge in [0.05, 0.1) is 12.0 Å². The molecule has 114 valence electrons. The van der Waals surface area contributed by atoms with E-state index < -0.39 is 0 Å². The van der Waals surface area contributed by atoms with Crippen molar-refractivity contribution >= 4 is 23.5 Å². The minimum absolute atomic E-state index is 0.000623. The minimum atomic E-state index is -0.384. The van der Waals surface area contributed by atoms with Crippen LogP contribution in [0, 0.1) is 0 Å². The number of hydrogen-bond donors (Lipinski definition) is 2. The third kappa shape index (κ3) is 2.24. The highest BCUT2D eigenvalue weighted by atomic mass is 16.2. The van der Waals surface area contributed by atoms with E-state index in [4.69, 9.17) is 5.73 Å². The molecule has 3 heterocycles. The van der Waals surface area contributed by atoms with Crippen LogP contribution in [-0.4, -0.2) is 20.9 Å². The zero-order chi connectivity index (χ0) is 16.1. The van der Waals surface area contributed by atoms with Gasteiger partial charge in [0.15, 0.2) is 5.82 Å². The number of aromatic nitrogens is 3. The molecule has 0 radical (unpaired) electrons. The number of anilines is 3. The number of nitrogens with one attached hydrogen (secondary N) is 1. The van der Waals surface area contributed by atoms with E-state index in [0.29, 0.717) is 11.4 Å². The molecule has 0 unspecified atom stereocenters. The molecule has 2 aromatic rings. The van der Waals surface area contributed by atoms with Crippen LogP contribution in [0.3, 0.4) is 0 Å². The monoisotopic (exact) mass is 299 g/mol. The number of H-pyrrole nitrogens is 1. The highest BCUT2D eigenvalue weighted by molar-refractivity contribution is 6.05. The number of nitrogens with two attached hydrogens (primary N) is 1. The van der Waals surface area contributed by atoms with Crippen LogP contribution in [0.5, 0.6) is 0 Å². The fourth-order valence-corrected chi connectivity index (χ4v) is 2.40. The summed E-state index contributed by atoms with van der Waals surface area (Å²) >= 11 is 0. The SMILES string of the molecule is CC(C)(C)c1cccc(N2C(=O)Cc3c2nc(N)[nH]c3=O)n1. The summed E-state index contributed by atoms with van der Waals surface area (Å²) in [5.41, 5.74) is 6.23. The van der Waals surface area contributed by atoms with Gasteiger partial charge < -0.3 is 5.73 Å². The Morgan fingerprint density at radius 2 is 1.95 bits per heavy atom. The first kappa shape index (κ1) is 14.2.